The maximum absolute atomic E-state index is 5.28. The molecule has 0 aliphatic carbocycles. The van der Waals surface area contributed by atoms with Crippen molar-refractivity contribution in [3.8, 4) is 5.75 Å². The van der Waals surface area contributed by atoms with E-state index in [2.05, 4.69) is 38.2 Å². The lowest BCUT2D eigenvalue weighted by atomic mass is 10.1. The van der Waals surface area contributed by atoms with Gasteiger partial charge in [-0.25, -0.2) is 0 Å². The molecule has 1 rings (SSSR count). The predicted octanol–water partition coefficient (Wildman–Crippen LogP) is 5.16. The van der Waals surface area contributed by atoms with Gasteiger partial charge in [-0.2, -0.15) is 0 Å². The summed E-state index contributed by atoms with van der Waals surface area (Å²) in [6.45, 7) is 6.61. The third-order valence-corrected chi connectivity index (χ3v) is 3.55. The minimum Gasteiger partial charge on any atom is -0.496 e. The molecule has 0 radical (unpaired) electrons. The summed E-state index contributed by atoms with van der Waals surface area (Å²) in [7, 11) is 1.72. The minimum atomic E-state index is 0.537. The smallest absolute Gasteiger partial charge is 0.121 e. The Bertz CT molecular complexity index is 362. The molecule has 1 aromatic carbocycles. The van der Waals surface area contributed by atoms with Gasteiger partial charge in [0.15, 0.2) is 0 Å². The molecule has 0 fully saturated rings. The topological polar surface area (TPSA) is 21.3 Å². The summed E-state index contributed by atoms with van der Waals surface area (Å²) in [6.07, 6.45) is 8.00. The lowest BCUT2D eigenvalue weighted by Gasteiger charge is -2.16. The normalized spacial score (nSPS) is 12.2. The lowest BCUT2D eigenvalue weighted by molar-refractivity contribution is 0.412. The number of unbranched alkanes of at least 4 members (excludes halogenated alkanes) is 4. The van der Waals surface area contributed by atoms with Gasteiger partial charge in [0.2, 0.25) is 0 Å². The van der Waals surface area contributed by atoms with Crippen LogP contribution in [0.2, 0.25) is 0 Å². The third-order valence-electron chi connectivity index (χ3n) is 3.55. The molecule has 0 aliphatic rings. The van der Waals surface area contributed by atoms with Crippen LogP contribution in [0.15, 0.2) is 18.2 Å². The van der Waals surface area contributed by atoms with Crippen molar-refractivity contribution in [3.63, 3.8) is 0 Å². The number of aryl methyl sites for hydroxylation is 1. The van der Waals surface area contributed by atoms with Crippen LogP contribution in [0.3, 0.4) is 0 Å². The number of rotatable bonds is 9. The number of benzene rings is 1. The SMILES string of the molecule is CCCCCCCC(C)Nc1ccc(OC)c(C)c1. The first-order chi connectivity index (χ1) is 9.17. The molecule has 1 atom stereocenters. The summed E-state index contributed by atoms with van der Waals surface area (Å²) >= 11 is 0. The van der Waals surface area contributed by atoms with Gasteiger partial charge in [0.05, 0.1) is 7.11 Å². The molecule has 0 saturated heterocycles. The van der Waals surface area contributed by atoms with E-state index in [9.17, 15) is 0 Å². The number of methoxy groups -OCH3 is 1. The van der Waals surface area contributed by atoms with Crippen molar-refractivity contribution in [2.24, 2.45) is 0 Å². The van der Waals surface area contributed by atoms with E-state index in [0.29, 0.717) is 6.04 Å². The Labute approximate surface area is 118 Å². The first kappa shape index (κ1) is 15.9. The fourth-order valence-electron chi connectivity index (χ4n) is 2.38. The maximum atomic E-state index is 5.28. The van der Waals surface area contributed by atoms with E-state index in [-0.39, 0.29) is 0 Å². The van der Waals surface area contributed by atoms with Gasteiger partial charge in [0, 0.05) is 11.7 Å². The molecular weight excluding hydrogens is 234 g/mol. The van der Waals surface area contributed by atoms with E-state index in [1.54, 1.807) is 7.11 Å². The highest BCUT2D eigenvalue weighted by molar-refractivity contribution is 5.51. The standard InChI is InChI=1S/C17H29NO/c1-5-6-7-8-9-10-15(3)18-16-11-12-17(19-4)14(2)13-16/h11-13,15,18H,5-10H2,1-4H3. The zero-order valence-electron chi connectivity index (χ0n) is 13.0. The Hall–Kier alpha value is -1.18. The number of anilines is 1. The highest BCUT2D eigenvalue weighted by Crippen LogP contribution is 2.22. The molecule has 0 heterocycles. The zero-order chi connectivity index (χ0) is 14.1. The molecule has 0 bridgehead atoms. The second-order valence-corrected chi connectivity index (χ2v) is 5.43. The summed E-state index contributed by atoms with van der Waals surface area (Å²) in [6, 6.07) is 6.83. The second-order valence-electron chi connectivity index (χ2n) is 5.43. The number of ether oxygens (including phenoxy) is 1. The minimum absolute atomic E-state index is 0.537. The number of hydrogen-bond acceptors (Lipinski definition) is 2. The number of hydrogen-bond donors (Lipinski definition) is 1. The summed E-state index contributed by atoms with van der Waals surface area (Å²) in [4.78, 5) is 0. The second kappa shape index (κ2) is 8.84. The van der Waals surface area contributed by atoms with Crippen molar-refractivity contribution in [1.29, 1.82) is 0 Å². The molecular formula is C17H29NO. The van der Waals surface area contributed by atoms with E-state index in [4.69, 9.17) is 4.74 Å². The molecule has 0 aromatic heterocycles. The van der Waals surface area contributed by atoms with Crippen LogP contribution in [0.25, 0.3) is 0 Å². The monoisotopic (exact) mass is 263 g/mol. The molecule has 1 aromatic rings. The molecule has 19 heavy (non-hydrogen) atoms. The van der Waals surface area contributed by atoms with Crippen LogP contribution in [0.5, 0.6) is 5.75 Å². The van der Waals surface area contributed by atoms with E-state index < -0.39 is 0 Å². The Morgan fingerprint density at radius 2 is 1.89 bits per heavy atom. The highest BCUT2D eigenvalue weighted by atomic mass is 16.5. The van der Waals surface area contributed by atoms with Crippen LogP contribution in [-0.4, -0.2) is 13.2 Å². The summed E-state index contributed by atoms with van der Waals surface area (Å²) in [5, 5.41) is 3.57. The van der Waals surface area contributed by atoms with Crippen LogP contribution in [0.1, 0.15) is 57.9 Å². The summed E-state index contributed by atoms with van der Waals surface area (Å²) < 4.78 is 5.28. The van der Waals surface area contributed by atoms with Gasteiger partial charge in [-0.15, -0.1) is 0 Å². The summed E-state index contributed by atoms with van der Waals surface area (Å²) in [5.74, 6) is 0.956. The van der Waals surface area contributed by atoms with Gasteiger partial charge in [-0.05, 0) is 44.0 Å². The highest BCUT2D eigenvalue weighted by Gasteiger charge is 2.04. The summed E-state index contributed by atoms with van der Waals surface area (Å²) in [5.41, 5.74) is 2.38. The van der Waals surface area contributed by atoms with E-state index in [0.717, 1.165) is 5.75 Å². The first-order valence-corrected chi connectivity index (χ1v) is 7.58. The fraction of sp³-hybridized carbons (Fsp3) is 0.647. The van der Waals surface area contributed by atoms with Crippen molar-refractivity contribution >= 4 is 5.69 Å². The van der Waals surface area contributed by atoms with Gasteiger partial charge in [-0.1, -0.05) is 39.0 Å². The Kier molecular flexibility index (Phi) is 7.39. The van der Waals surface area contributed by atoms with Gasteiger partial charge in [0.25, 0.3) is 0 Å². The van der Waals surface area contributed by atoms with Crippen molar-refractivity contribution in [2.75, 3.05) is 12.4 Å². The van der Waals surface area contributed by atoms with Gasteiger partial charge in [-0.3, -0.25) is 0 Å². The molecule has 0 amide bonds. The van der Waals surface area contributed by atoms with Crippen LogP contribution in [0.4, 0.5) is 5.69 Å². The van der Waals surface area contributed by atoms with Gasteiger partial charge >= 0.3 is 0 Å². The quantitative estimate of drug-likeness (QED) is 0.621. The van der Waals surface area contributed by atoms with E-state index >= 15 is 0 Å². The van der Waals surface area contributed by atoms with Crippen molar-refractivity contribution in [1.82, 2.24) is 0 Å². The Balaban J connectivity index is 2.31. The molecule has 2 heteroatoms. The number of nitrogens with one attached hydrogen (secondary N) is 1. The van der Waals surface area contributed by atoms with Gasteiger partial charge in [0.1, 0.15) is 5.75 Å². The van der Waals surface area contributed by atoms with Crippen LogP contribution in [0, 0.1) is 6.92 Å². The van der Waals surface area contributed by atoms with E-state index in [1.807, 2.05) is 6.07 Å². The average Bonchev–Trinajstić information content (AvgIpc) is 2.39. The zero-order valence-corrected chi connectivity index (χ0v) is 13.0. The maximum Gasteiger partial charge on any atom is 0.121 e. The predicted molar refractivity (Wildman–Crippen MR) is 84.2 cm³/mol. The third kappa shape index (κ3) is 6.00. The lowest BCUT2D eigenvalue weighted by Crippen LogP contribution is -2.14. The fourth-order valence-corrected chi connectivity index (χ4v) is 2.38. The van der Waals surface area contributed by atoms with Gasteiger partial charge < -0.3 is 10.1 Å². The Morgan fingerprint density at radius 3 is 2.53 bits per heavy atom. The largest absolute Gasteiger partial charge is 0.496 e. The Morgan fingerprint density at radius 1 is 1.16 bits per heavy atom. The molecule has 1 N–H and O–H groups in total. The van der Waals surface area contributed by atoms with Crippen molar-refractivity contribution < 1.29 is 4.74 Å². The van der Waals surface area contributed by atoms with Crippen LogP contribution >= 0.6 is 0 Å². The van der Waals surface area contributed by atoms with Crippen LogP contribution in [-0.2, 0) is 0 Å². The first-order valence-electron chi connectivity index (χ1n) is 7.58. The van der Waals surface area contributed by atoms with Crippen molar-refractivity contribution in [3.05, 3.63) is 23.8 Å². The van der Waals surface area contributed by atoms with E-state index in [1.165, 1.54) is 49.8 Å². The molecule has 108 valence electrons. The molecule has 0 spiro atoms. The molecule has 2 nitrogen and oxygen atoms in total. The van der Waals surface area contributed by atoms with Crippen molar-refractivity contribution in [2.45, 2.75) is 65.3 Å². The molecule has 0 aliphatic heterocycles. The molecule has 0 saturated carbocycles. The average molecular weight is 263 g/mol. The van der Waals surface area contributed by atoms with Crippen LogP contribution < -0.4 is 10.1 Å². The molecule has 1 unspecified atom stereocenters.